The molecule has 2 N–H and O–H groups in total. The number of aromatic carboxylic acids is 1. The maximum absolute atomic E-state index is 13.7. The summed E-state index contributed by atoms with van der Waals surface area (Å²) < 4.78 is 14.7. The average molecular weight is 362 g/mol. The van der Waals surface area contributed by atoms with Gasteiger partial charge in [0.1, 0.15) is 11.6 Å². The standard InChI is InChI=1S/C20H11FN2O2S/c1-2-11-7-13(21)10-14(8-11)22-19-16-5-6-26-18(16)15-4-3-12(20(24)25)9-17(15)23-19/h1,3-10H,(H,22,23)(H,24,25). The van der Waals surface area contributed by atoms with E-state index in [9.17, 15) is 14.3 Å². The molecule has 0 saturated carbocycles. The topological polar surface area (TPSA) is 62.2 Å². The van der Waals surface area contributed by atoms with Gasteiger partial charge in [0.05, 0.1) is 11.1 Å². The second kappa shape index (κ2) is 6.14. The molecule has 6 heteroatoms. The van der Waals surface area contributed by atoms with E-state index in [1.165, 1.54) is 29.5 Å². The molecule has 0 aliphatic rings. The quantitative estimate of drug-likeness (QED) is 0.503. The Labute approximate surface area is 151 Å². The van der Waals surface area contributed by atoms with Crippen LogP contribution in [-0.4, -0.2) is 16.1 Å². The van der Waals surface area contributed by atoms with Gasteiger partial charge in [-0.15, -0.1) is 17.8 Å². The molecule has 0 unspecified atom stereocenters. The number of terminal acetylenes is 1. The van der Waals surface area contributed by atoms with Crippen LogP contribution in [0.2, 0.25) is 0 Å². The molecule has 2 aromatic heterocycles. The molecule has 0 bridgehead atoms. The third kappa shape index (κ3) is 2.75. The average Bonchev–Trinajstić information content (AvgIpc) is 3.11. The summed E-state index contributed by atoms with van der Waals surface area (Å²) in [5.41, 5.74) is 1.61. The third-order valence-electron chi connectivity index (χ3n) is 3.97. The number of carboxylic acid groups (broad SMARTS) is 1. The molecule has 4 rings (SSSR count). The van der Waals surface area contributed by atoms with Crippen molar-refractivity contribution in [3.8, 4) is 12.3 Å². The number of aromatic nitrogens is 1. The van der Waals surface area contributed by atoms with Gasteiger partial charge in [0.15, 0.2) is 0 Å². The van der Waals surface area contributed by atoms with E-state index in [0.29, 0.717) is 22.6 Å². The zero-order valence-electron chi connectivity index (χ0n) is 13.3. The minimum atomic E-state index is -1.02. The highest BCUT2D eigenvalue weighted by atomic mass is 32.1. The Hall–Kier alpha value is -3.43. The number of nitrogens with one attached hydrogen (secondary N) is 1. The number of anilines is 2. The second-order valence-corrected chi connectivity index (χ2v) is 6.57. The van der Waals surface area contributed by atoms with E-state index in [1.54, 1.807) is 18.2 Å². The molecule has 4 aromatic rings. The normalized spacial score (nSPS) is 10.8. The molecule has 4 nitrogen and oxygen atoms in total. The second-order valence-electron chi connectivity index (χ2n) is 5.66. The lowest BCUT2D eigenvalue weighted by Gasteiger charge is -2.10. The molecule has 26 heavy (non-hydrogen) atoms. The first-order valence-electron chi connectivity index (χ1n) is 7.63. The summed E-state index contributed by atoms with van der Waals surface area (Å²) in [7, 11) is 0. The van der Waals surface area contributed by atoms with Gasteiger partial charge in [0, 0.05) is 26.7 Å². The number of benzene rings is 2. The largest absolute Gasteiger partial charge is 0.478 e. The SMILES string of the molecule is C#Cc1cc(F)cc(Nc2nc3cc(C(=O)O)ccc3c3sccc23)c1. The molecule has 0 spiro atoms. The number of hydrogen-bond donors (Lipinski definition) is 2. The van der Waals surface area contributed by atoms with E-state index in [-0.39, 0.29) is 5.56 Å². The van der Waals surface area contributed by atoms with Crippen molar-refractivity contribution in [1.29, 1.82) is 0 Å². The molecule has 0 saturated heterocycles. The smallest absolute Gasteiger partial charge is 0.335 e. The highest BCUT2D eigenvalue weighted by molar-refractivity contribution is 7.18. The van der Waals surface area contributed by atoms with Gasteiger partial charge in [0.2, 0.25) is 0 Å². The summed E-state index contributed by atoms with van der Waals surface area (Å²) in [5.74, 6) is 1.47. The van der Waals surface area contributed by atoms with Crippen molar-refractivity contribution in [1.82, 2.24) is 4.98 Å². The van der Waals surface area contributed by atoms with Crippen molar-refractivity contribution < 1.29 is 14.3 Å². The summed E-state index contributed by atoms with van der Waals surface area (Å²) in [6, 6.07) is 11.0. The molecule has 126 valence electrons. The third-order valence-corrected chi connectivity index (χ3v) is 4.92. The zero-order valence-corrected chi connectivity index (χ0v) is 14.1. The van der Waals surface area contributed by atoms with Gasteiger partial charge in [-0.3, -0.25) is 0 Å². The van der Waals surface area contributed by atoms with E-state index in [1.807, 2.05) is 11.4 Å². The van der Waals surface area contributed by atoms with E-state index in [0.717, 1.165) is 15.5 Å². The first-order chi connectivity index (χ1) is 12.5. The fourth-order valence-electron chi connectivity index (χ4n) is 2.81. The maximum atomic E-state index is 13.7. The Bertz CT molecular complexity index is 1220. The first kappa shape index (κ1) is 16.1. The molecular weight excluding hydrogens is 351 g/mol. The Morgan fingerprint density at radius 1 is 1.19 bits per heavy atom. The van der Waals surface area contributed by atoms with Crippen LogP contribution in [0.1, 0.15) is 15.9 Å². The highest BCUT2D eigenvalue weighted by Gasteiger charge is 2.13. The minimum Gasteiger partial charge on any atom is -0.478 e. The summed E-state index contributed by atoms with van der Waals surface area (Å²) in [4.78, 5) is 15.8. The molecule has 2 heterocycles. The van der Waals surface area contributed by atoms with Crippen molar-refractivity contribution in [2.24, 2.45) is 0 Å². The van der Waals surface area contributed by atoms with Gasteiger partial charge in [-0.2, -0.15) is 0 Å². The Balaban J connectivity index is 1.90. The predicted octanol–water partition coefficient (Wildman–Crippen LogP) is 5.01. The lowest BCUT2D eigenvalue weighted by Crippen LogP contribution is -1.99. The van der Waals surface area contributed by atoms with Crippen molar-refractivity contribution in [3.63, 3.8) is 0 Å². The number of hydrogen-bond acceptors (Lipinski definition) is 4. The number of halogens is 1. The first-order valence-corrected chi connectivity index (χ1v) is 8.51. The van der Waals surface area contributed by atoms with Crippen LogP contribution in [0.25, 0.3) is 21.0 Å². The van der Waals surface area contributed by atoms with Crippen LogP contribution >= 0.6 is 11.3 Å². The van der Waals surface area contributed by atoms with Crippen LogP contribution in [0.5, 0.6) is 0 Å². The Kier molecular flexibility index (Phi) is 3.79. The predicted molar refractivity (Wildman–Crippen MR) is 102 cm³/mol. The van der Waals surface area contributed by atoms with Gasteiger partial charge in [0.25, 0.3) is 0 Å². The number of fused-ring (bicyclic) bond motifs is 3. The zero-order chi connectivity index (χ0) is 18.3. The molecule has 0 atom stereocenters. The van der Waals surface area contributed by atoms with Crippen molar-refractivity contribution in [2.75, 3.05) is 5.32 Å². The van der Waals surface area contributed by atoms with E-state index in [2.05, 4.69) is 16.2 Å². The summed E-state index contributed by atoms with van der Waals surface area (Å²) in [6.45, 7) is 0. The number of rotatable bonds is 3. The van der Waals surface area contributed by atoms with Gasteiger partial charge >= 0.3 is 5.97 Å². The number of pyridine rings is 1. The molecule has 0 radical (unpaired) electrons. The van der Waals surface area contributed by atoms with Gasteiger partial charge in [-0.1, -0.05) is 12.0 Å². The van der Waals surface area contributed by atoms with E-state index >= 15 is 0 Å². The number of carboxylic acids is 1. The van der Waals surface area contributed by atoms with Crippen LogP contribution in [-0.2, 0) is 0 Å². The van der Waals surface area contributed by atoms with Crippen LogP contribution in [0.3, 0.4) is 0 Å². The highest BCUT2D eigenvalue weighted by Crippen LogP contribution is 2.35. The minimum absolute atomic E-state index is 0.159. The van der Waals surface area contributed by atoms with Crippen molar-refractivity contribution >= 4 is 49.8 Å². The molecule has 2 aromatic carbocycles. The fraction of sp³-hybridized carbons (Fsp3) is 0. The summed E-state index contributed by atoms with van der Waals surface area (Å²) >= 11 is 1.53. The molecule has 0 aliphatic heterocycles. The Morgan fingerprint density at radius 2 is 2.04 bits per heavy atom. The number of carbonyl (C=O) groups is 1. The molecule has 0 fully saturated rings. The summed E-state index contributed by atoms with van der Waals surface area (Å²) in [5, 5.41) is 16.0. The lowest BCUT2D eigenvalue weighted by atomic mass is 10.1. The van der Waals surface area contributed by atoms with Crippen LogP contribution in [0.15, 0.2) is 47.8 Å². The van der Waals surface area contributed by atoms with Crippen molar-refractivity contribution in [3.05, 3.63) is 64.8 Å². The molecule has 0 aliphatic carbocycles. The van der Waals surface area contributed by atoms with Crippen LogP contribution < -0.4 is 5.32 Å². The monoisotopic (exact) mass is 362 g/mol. The van der Waals surface area contributed by atoms with E-state index in [4.69, 9.17) is 6.42 Å². The summed E-state index contributed by atoms with van der Waals surface area (Å²) in [6.07, 6.45) is 5.36. The molecule has 0 amide bonds. The van der Waals surface area contributed by atoms with Crippen molar-refractivity contribution in [2.45, 2.75) is 0 Å². The van der Waals surface area contributed by atoms with Gasteiger partial charge in [-0.25, -0.2) is 14.2 Å². The maximum Gasteiger partial charge on any atom is 0.335 e. The molecular formula is C20H11FN2O2S. The van der Waals surface area contributed by atoms with E-state index < -0.39 is 11.8 Å². The van der Waals surface area contributed by atoms with Crippen LogP contribution in [0.4, 0.5) is 15.9 Å². The number of nitrogens with zero attached hydrogens (tertiary/aromatic N) is 1. The Morgan fingerprint density at radius 3 is 2.81 bits per heavy atom. The lowest BCUT2D eigenvalue weighted by molar-refractivity contribution is 0.0697. The fourth-order valence-corrected chi connectivity index (χ4v) is 3.74. The van der Waals surface area contributed by atoms with Gasteiger partial charge in [-0.05, 0) is 41.8 Å². The van der Waals surface area contributed by atoms with Crippen LogP contribution in [0, 0.1) is 18.2 Å². The van der Waals surface area contributed by atoms with Gasteiger partial charge < -0.3 is 10.4 Å². The number of thiophene rings is 1.